The molecule has 24 heavy (non-hydrogen) atoms. The molecule has 116 valence electrons. The van der Waals surface area contributed by atoms with E-state index in [1.165, 1.54) is 4.68 Å². The van der Waals surface area contributed by atoms with E-state index in [4.69, 9.17) is 0 Å². The van der Waals surface area contributed by atoms with Gasteiger partial charge in [0.2, 0.25) is 0 Å². The molecule has 1 aromatic heterocycles. The minimum absolute atomic E-state index is 0.249. The number of aromatic nitrogens is 2. The Morgan fingerprint density at radius 1 is 0.750 bits per heavy atom. The van der Waals surface area contributed by atoms with Crippen LogP contribution in [0, 0.1) is 0 Å². The lowest BCUT2D eigenvalue weighted by molar-refractivity contribution is 0.858. The van der Waals surface area contributed by atoms with Crippen LogP contribution in [0.5, 0.6) is 0 Å². The maximum absolute atomic E-state index is 12.3. The molecule has 0 aliphatic heterocycles. The number of H-pyrrole nitrogens is 1. The van der Waals surface area contributed by atoms with Crippen molar-refractivity contribution in [3.05, 3.63) is 107 Å². The molecule has 0 aliphatic carbocycles. The standard InChI is InChI=1S/C20H15N3O/c24-20-21-17-13-7-8-14-18(17)23(20)22-19(15-9-3-1-4-10-15)16-11-5-2-6-12-16/h1-14H,(H,21,24). The molecule has 0 saturated carbocycles. The van der Waals surface area contributed by atoms with Gasteiger partial charge < -0.3 is 4.98 Å². The Kier molecular flexibility index (Phi) is 3.56. The number of nitrogens with one attached hydrogen (secondary N) is 1. The summed E-state index contributed by atoms with van der Waals surface area (Å²) in [4.78, 5) is 15.2. The molecule has 0 radical (unpaired) electrons. The monoisotopic (exact) mass is 313 g/mol. The number of imidazole rings is 1. The first kappa shape index (κ1) is 14.2. The first-order valence-electron chi connectivity index (χ1n) is 7.72. The zero-order chi connectivity index (χ0) is 16.4. The van der Waals surface area contributed by atoms with Gasteiger partial charge in [-0.05, 0) is 12.1 Å². The minimum atomic E-state index is -0.249. The quantitative estimate of drug-likeness (QED) is 0.577. The summed E-state index contributed by atoms with van der Waals surface area (Å²) in [6.07, 6.45) is 0. The Hall–Kier alpha value is -3.40. The van der Waals surface area contributed by atoms with Crippen LogP contribution in [0.1, 0.15) is 11.1 Å². The first-order chi connectivity index (χ1) is 11.8. The number of hydrogen-bond acceptors (Lipinski definition) is 2. The number of rotatable bonds is 3. The number of nitrogens with zero attached hydrogens (tertiary/aromatic N) is 2. The summed E-state index contributed by atoms with van der Waals surface area (Å²) in [7, 11) is 0. The molecule has 4 nitrogen and oxygen atoms in total. The van der Waals surface area contributed by atoms with Gasteiger partial charge in [-0.2, -0.15) is 9.78 Å². The van der Waals surface area contributed by atoms with E-state index in [0.717, 1.165) is 27.9 Å². The average molecular weight is 313 g/mol. The van der Waals surface area contributed by atoms with Crippen LogP contribution in [0.2, 0.25) is 0 Å². The molecule has 3 aromatic carbocycles. The van der Waals surface area contributed by atoms with Crippen molar-refractivity contribution >= 4 is 16.7 Å². The maximum atomic E-state index is 12.3. The molecule has 4 aromatic rings. The van der Waals surface area contributed by atoms with Gasteiger partial charge in [0.1, 0.15) is 0 Å². The topological polar surface area (TPSA) is 50.1 Å². The maximum Gasteiger partial charge on any atom is 0.347 e. The van der Waals surface area contributed by atoms with Gasteiger partial charge in [-0.3, -0.25) is 0 Å². The fourth-order valence-electron chi connectivity index (χ4n) is 2.72. The van der Waals surface area contributed by atoms with E-state index in [2.05, 4.69) is 10.1 Å². The molecule has 0 spiro atoms. The van der Waals surface area contributed by atoms with E-state index in [1.807, 2.05) is 84.9 Å². The van der Waals surface area contributed by atoms with Gasteiger partial charge in [0.25, 0.3) is 0 Å². The predicted octanol–water partition coefficient (Wildman–Crippen LogP) is 3.63. The van der Waals surface area contributed by atoms with E-state index in [9.17, 15) is 4.79 Å². The Labute approximate surface area is 138 Å². The van der Waals surface area contributed by atoms with Crippen molar-refractivity contribution in [1.82, 2.24) is 9.66 Å². The van der Waals surface area contributed by atoms with Gasteiger partial charge in [0.05, 0.1) is 16.7 Å². The third-order valence-electron chi connectivity index (χ3n) is 3.86. The zero-order valence-corrected chi connectivity index (χ0v) is 12.9. The highest BCUT2D eigenvalue weighted by Crippen LogP contribution is 2.14. The number of para-hydroxylation sites is 2. The number of hydrogen-bond donors (Lipinski definition) is 1. The molecular weight excluding hydrogens is 298 g/mol. The third kappa shape index (κ3) is 2.54. The normalized spacial score (nSPS) is 10.7. The van der Waals surface area contributed by atoms with Crippen LogP contribution in [0.25, 0.3) is 11.0 Å². The number of benzene rings is 3. The Bertz CT molecular complexity index is 1020. The minimum Gasteiger partial charge on any atom is -0.304 e. The lowest BCUT2D eigenvalue weighted by atomic mass is 10.0. The summed E-state index contributed by atoms with van der Waals surface area (Å²) in [5.74, 6) is 0. The van der Waals surface area contributed by atoms with Crippen LogP contribution in [-0.4, -0.2) is 15.4 Å². The van der Waals surface area contributed by atoms with Crippen molar-refractivity contribution in [2.75, 3.05) is 0 Å². The van der Waals surface area contributed by atoms with Crippen molar-refractivity contribution in [3.8, 4) is 0 Å². The highest BCUT2D eigenvalue weighted by Gasteiger charge is 2.10. The molecule has 0 bridgehead atoms. The predicted molar refractivity (Wildman–Crippen MR) is 96.5 cm³/mol. The van der Waals surface area contributed by atoms with E-state index < -0.39 is 0 Å². The molecule has 0 atom stereocenters. The van der Waals surface area contributed by atoms with Crippen LogP contribution in [0.3, 0.4) is 0 Å². The molecule has 0 saturated heterocycles. The molecule has 0 fully saturated rings. The Morgan fingerprint density at radius 3 is 1.92 bits per heavy atom. The second-order valence-corrected chi connectivity index (χ2v) is 5.44. The van der Waals surface area contributed by atoms with E-state index >= 15 is 0 Å². The van der Waals surface area contributed by atoms with Gasteiger partial charge in [0.15, 0.2) is 0 Å². The van der Waals surface area contributed by atoms with Crippen molar-refractivity contribution in [2.24, 2.45) is 5.10 Å². The smallest absolute Gasteiger partial charge is 0.304 e. The van der Waals surface area contributed by atoms with Crippen LogP contribution in [0.15, 0.2) is 94.8 Å². The van der Waals surface area contributed by atoms with E-state index in [-0.39, 0.29) is 5.69 Å². The SMILES string of the molecule is O=c1[nH]c2ccccc2n1N=C(c1ccccc1)c1ccccc1. The molecule has 1 N–H and O–H groups in total. The highest BCUT2D eigenvalue weighted by atomic mass is 16.2. The van der Waals surface area contributed by atoms with Crippen molar-refractivity contribution < 1.29 is 0 Å². The summed E-state index contributed by atoms with van der Waals surface area (Å²) in [5, 5.41) is 4.68. The Balaban J connectivity index is 1.98. The fraction of sp³-hybridized carbons (Fsp3) is 0. The van der Waals surface area contributed by atoms with Gasteiger partial charge in [-0.15, -0.1) is 0 Å². The largest absolute Gasteiger partial charge is 0.347 e. The van der Waals surface area contributed by atoms with Crippen LogP contribution < -0.4 is 5.69 Å². The Morgan fingerprint density at radius 2 is 1.29 bits per heavy atom. The molecule has 0 aliphatic rings. The van der Waals surface area contributed by atoms with Gasteiger partial charge in [0, 0.05) is 11.1 Å². The van der Waals surface area contributed by atoms with Crippen molar-refractivity contribution in [3.63, 3.8) is 0 Å². The molecule has 4 rings (SSSR count). The summed E-state index contributed by atoms with van der Waals surface area (Å²) in [5.41, 5.74) is 3.95. The molecule has 1 heterocycles. The van der Waals surface area contributed by atoms with E-state index in [1.54, 1.807) is 0 Å². The first-order valence-corrected chi connectivity index (χ1v) is 7.72. The lowest BCUT2D eigenvalue weighted by Gasteiger charge is -2.07. The average Bonchev–Trinajstić information content (AvgIpc) is 2.96. The van der Waals surface area contributed by atoms with Crippen LogP contribution in [0.4, 0.5) is 0 Å². The van der Waals surface area contributed by atoms with Crippen molar-refractivity contribution in [2.45, 2.75) is 0 Å². The zero-order valence-electron chi connectivity index (χ0n) is 12.9. The number of fused-ring (bicyclic) bond motifs is 1. The van der Waals surface area contributed by atoms with Crippen LogP contribution in [-0.2, 0) is 0 Å². The van der Waals surface area contributed by atoms with Crippen LogP contribution >= 0.6 is 0 Å². The van der Waals surface area contributed by atoms with Gasteiger partial charge >= 0.3 is 5.69 Å². The molecule has 0 unspecified atom stereocenters. The van der Waals surface area contributed by atoms with Crippen molar-refractivity contribution in [1.29, 1.82) is 0 Å². The van der Waals surface area contributed by atoms with Gasteiger partial charge in [-0.1, -0.05) is 72.8 Å². The highest BCUT2D eigenvalue weighted by molar-refractivity contribution is 6.12. The second-order valence-electron chi connectivity index (χ2n) is 5.44. The molecule has 4 heteroatoms. The fourth-order valence-corrected chi connectivity index (χ4v) is 2.72. The summed E-state index contributed by atoms with van der Waals surface area (Å²) < 4.78 is 1.42. The van der Waals surface area contributed by atoms with Gasteiger partial charge in [-0.25, -0.2) is 4.79 Å². The lowest BCUT2D eigenvalue weighted by Crippen LogP contribution is -2.16. The third-order valence-corrected chi connectivity index (χ3v) is 3.86. The summed E-state index contributed by atoms with van der Waals surface area (Å²) in [6, 6.07) is 27.3. The summed E-state index contributed by atoms with van der Waals surface area (Å²) in [6.45, 7) is 0. The summed E-state index contributed by atoms with van der Waals surface area (Å²) >= 11 is 0. The molecular formula is C20H15N3O. The molecule has 0 amide bonds. The number of aromatic amines is 1. The second kappa shape index (κ2) is 6.01. The van der Waals surface area contributed by atoms with E-state index in [0.29, 0.717) is 0 Å².